The molecule has 1 saturated carbocycles. The van der Waals surface area contributed by atoms with Gasteiger partial charge in [0.1, 0.15) is 0 Å². The van der Waals surface area contributed by atoms with E-state index >= 15 is 0 Å². The van der Waals surface area contributed by atoms with Crippen LogP contribution in [0.4, 0.5) is 0 Å². The highest BCUT2D eigenvalue weighted by Crippen LogP contribution is 2.35. The number of benzene rings is 1. The fourth-order valence-electron chi connectivity index (χ4n) is 3.44. The summed E-state index contributed by atoms with van der Waals surface area (Å²) in [5.41, 5.74) is 1.40. The van der Waals surface area contributed by atoms with E-state index in [-0.39, 0.29) is 5.60 Å². The van der Waals surface area contributed by atoms with E-state index in [1.54, 1.807) is 0 Å². The molecule has 1 N–H and O–H groups in total. The van der Waals surface area contributed by atoms with E-state index < -0.39 is 0 Å². The van der Waals surface area contributed by atoms with Gasteiger partial charge in [-0.05, 0) is 50.9 Å². The van der Waals surface area contributed by atoms with Crippen molar-refractivity contribution in [3.8, 4) is 0 Å². The van der Waals surface area contributed by atoms with Gasteiger partial charge in [0.15, 0.2) is 0 Å². The summed E-state index contributed by atoms with van der Waals surface area (Å²) in [6.07, 6.45) is 7.33. The fourth-order valence-corrected chi connectivity index (χ4v) is 3.70. The minimum atomic E-state index is 0.0226. The van der Waals surface area contributed by atoms with Crippen LogP contribution in [-0.2, 0) is 11.2 Å². The zero-order valence-corrected chi connectivity index (χ0v) is 14.2. The Morgan fingerprint density at radius 1 is 1.20 bits per heavy atom. The van der Waals surface area contributed by atoms with Crippen molar-refractivity contribution in [1.29, 1.82) is 0 Å². The van der Waals surface area contributed by atoms with E-state index in [0.717, 1.165) is 17.5 Å². The molecule has 0 saturated heterocycles. The van der Waals surface area contributed by atoms with E-state index in [1.165, 1.54) is 37.7 Å². The molecule has 1 aromatic carbocycles. The second-order valence-corrected chi connectivity index (χ2v) is 6.65. The molecule has 20 heavy (non-hydrogen) atoms. The Morgan fingerprint density at radius 3 is 2.40 bits per heavy atom. The summed E-state index contributed by atoms with van der Waals surface area (Å²) < 4.78 is 7.39. The van der Waals surface area contributed by atoms with Crippen molar-refractivity contribution in [2.45, 2.75) is 57.1 Å². The van der Waals surface area contributed by atoms with Gasteiger partial charge in [-0.2, -0.15) is 0 Å². The van der Waals surface area contributed by atoms with E-state index in [4.69, 9.17) is 4.74 Å². The third-order valence-corrected chi connectivity index (χ3v) is 5.00. The summed E-state index contributed by atoms with van der Waals surface area (Å²) in [4.78, 5) is 0. The molecule has 0 heterocycles. The van der Waals surface area contributed by atoms with Crippen LogP contribution in [-0.4, -0.2) is 25.3 Å². The molecular formula is C17H26BrNO. The number of hydrogen-bond acceptors (Lipinski definition) is 2. The maximum atomic E-state index is 6.25. The number of hydrogen-bond donors (Lipinski definition) is 1. The van der Waals surface area contributed by atoms with Crippen LogP contribution in [0.2, 0.25) is 0 Å². The Kier molecular flexibility index (Phi) is 6.06. The molecule has 0 aliphatic heterocycles. The maximum absolute atomic E-state index is 6.25. The Balaban J connectivity index is 2.13. The van der Waals surface area contributed by atoms with Crippen molar-refractivity contribution in [2.24, 2.45) is 0 Å². The van der Waals surface area contributed by atoms with Gasteiger partial charge >= 0.3 is 0 Å². The normalized spacial score (nSPS) is 19.8. The first-order valence-corrected chi connectivity index (χ1v) is 8.55. The second kappa shape index (κ2) is 7.58. The first kappa shape index (κ1) is 16.0. The van der Waals surface area contributed by atoms with Crippen molar-refractivity contribution in [2.75, 3.05) is 13.7 Å². The quantitative estimate of drug-likeness (QED) is 0.833. The molecule has 2 nitrogen and oxygen atoms in total. The Morgan fingerprint density at radius 2 is 1.85 bits per heavy atom. The minimum absolute atomic E-state index is 0.0226. The molecule has 1 atom stereocenters. The summed E-state index contributed by atoms with van der Waals surface area (Å²) in [5, 5.41) is 3.52. The average molecular weight is 340 g/mol. The Hall–Kier alpha value is -0.380. The number of likely N-dealkylation sites (N-methyl/N-ethyl adjacent to an activating group) is 1. The third kappa shape index (κ3) is 3.84. The zero-order valence-electron chi connectivity index (χ0n) is 12.6. The van der Waals surface area contributed by atoms with Gasteiger partial charge in [0, 0.05) is 17.1 Å². The molecule has 2 rings (SSSR count). The van der Waals surface area contributed by atoms with Gasteiger partial charge in [-0.1, -0.05) is 47.3 Å². The molecule has 1 aromatic rings. The van der Waals surface area contributed by atoms with Crippen LogP contribution in [0.25, 0.3) is 0 Å². The van der Waals surface area contributed by atoms with Crippen molar-refractivity contribution < 1.29 is 4.74 Å². The molecule has 1 unspecified atom stereocenters. The first-order valence-electron chi connectivity index (χ1n) is 7.76. The zero-order chi connectivity index (χ0) is 14.4. The number of nitrogens with one attached hydrogen (secondary N) is 1. The lowest BCUT2D eigenvalue weighted by molar-refractivity contribution is -0.0883. The molecule has 1 fully saturated rings. The van der Waals surface area contributed by atoms with Gasteiger partial charge in [-0.25, -0.2) is 0 Å². The summed E-state index contributed by atoms with van der Waals surface area (Å²) in [5.74, 6) is 0. The summed E-state index contributed by atoms with van der Waals surface area (Å²) in [7, 11) is 2.07. The molecular weight excluding hydrogens is 314 g/mol. The Bertz CT molecular complexity index is 392. The van der Waals surface area contributed by atoms with Gasteiger partial charge in [0.2, 0.25) is 0 Å². The van der Waals surface area contributed by atoms with Gasteiger partial charge < -0.3 is 10.1 Å². The summed E-state index contributed by atoms with van der Waals surface area (Å²) in [6, 6.07) is 9.05. The lowest BCUT2D eigenvalue weighted by atomic mass is 9.77. The third-order valence-electron chi connectivity index (χ3n) is 4.47. The SMILES string of the molecule is CCOC1(C(Cc2ccc(Br)cc2)NC)CCCCC1. The van der Waals surface area contributed by atoms with E-state index in [0.29, 0.717) is 6.04 Å². The maximum Gasteiger partial charge on any atom is 0.0837 e. The molecule has 0 spiro atoms. The molecule has 1 aliphatic rings. The predicted octanol–water partition coefficient (Wildman–Crippen LogP) is 4.32. The van der Waals surface area contributed by atoms with Crippen LogP contribution in [0.1, 0.15) is 44.6 Å². The number of ether oxygens (including phenoxy) is 1. The second-order valence-electron chi connectivity index (χ2n) is 5.73. The molecule has 1 aliphatic carbocycles. The van der Waals surface area contributed by atoms with Crippen molar-refractivity contribution in [3.63, 3.8) is 0 Å². The molecule has 0 amide bonds. The standard InChI is InChI=1S/C17H26BrNO/c1-3-20-17(11-5-4-6-12-17)16(19-2)13-14-7-9-15(18)10-8-14/h7-10,16,19H,3-6,11-13H2,1-2H3. The van der Waals surface area contributed by atoms with Crippen LogP contribution in [0.3, 0.4) is 0 Å². The summed E-state index contributed by atoms with van der Waals surface area (Å²) >= 11 is 3.50. The van der Waals surface area contributed by atoms with Crippen LogP contribution in [0, 0.1) is 0 Å². The van der Waals surface area contributed by atoms with Gasteiger partial charge in [0.25, 0.3) is 0 Å². The van der Waals surface area contributed by atoms with E-state index in [2.05, 4.69) is 59.5 Å². The molecule has 0 aromatic heterocycles. The molecule has 112 valence electrons. The van der Waals surface area contributed by atoms with Crippen LogP contribution >= 0.6 is 15.9 Å². The monoisotopic (exact) mass is 339 g/mol. The molecule has 0 bridgehead atoms. The topological polar surface area (TPSA) is 21.3 Å². The molecule has 0 radical (unpaired) electrons. The van der Waals surface area contributed by atoms with Gasteiger partial charge in [-0.3, -0.25) is 0 Å². The number of halogens is 1. The van der Waals surface area contributed by atoms with Crippen LogP contribution in [0.5, 0.6) is 0 Å². The average Bonchev–Trinajstić information content (AvgIpc) is 2.48. The van der Waals surface area contributed by atoms with E-state index in [9.17, 15) is 0 Å². The Labute approximate surface area is 131 Å². The first-order chi connectivity index (χ1) is 9.70. The summed E-state index contributed by atoms with van der Waals surface area (Å²) in [6.45, 7) is 2.92. The highest BCUT2D eigenvalue weighted by atomic mass is 79.9. The lowest BCUT2D eigenvalue weighted by Crippen LogP contribution is -2.53. The number of rotatable bonds is 6. The van der Waals surface area contributed by atoms with Crippen molar-refractivity contribution in [1.82, 2.24) is 5.32 Å². The van der Waals surface area contributed by atoms with Crippen LogP contribution < -0.4 is 5.32 Å². The van der Waals surface area contributed by atoms with Gasteiger partial charge in [-0.15, -0.1) is 0 Å². The van der Waals surface area contributed by atoms with Crippen molar-refractivity contribution in [3.05, 3.63) is 34.3 Å². The minimum Gasteiger partial charge on any atom is -0.374 e. The van der Waals surface area contributed by atoms with Gasteiger partial charge in [0.05, 0.1) is 5.60 Å². The largest absolute Gasteiger partial charge is 0.374 e. The molecule has 3 heteroatoms. The fraction of sp³-hybridized carbons (Fsp3) is 0.647. The predicted molar refractivity (Wildman–Crippen MR) is 88.1 cm³/mol. The van der Waals surface area contributed by atoms with E-state index in [1.807, 2.05) is 0 Å². The smallest absolute Gasteiger partial charge is 0.0837 e. The highest BCUT2D eigenvalue weighted by molar-refractivity contribution is 9.10. The highest BCUT2D eigenvalue weighted by Gasteiger charge is 2.39. The van der Waals surface area contributed by atoms with Crippen molar-refractivity contribution >= 4 is 15.9 Å². The van der Waals surface area contributed by atoms with Crippen LogP contribution in [0.15, 0.2) is 28.7 Å². The lowest BCUT2D eigenvalue weighted by Gasteiger charge is -2.43.